The Hall–Kier alpha value is -2.29. The Morgan fingerprint density at radius 2 is 1.89 bits per heavy atom. The van der Waals surface area contributed by atoms with Crippen molar-refractivity contribution in [3.63, 3.8) is 0 Å². The molecule has 1 amide bonds. The first-order valence-corrected chi connectivity index (χ1v) is 10.00. The van der Waals surface area contributed by atoms with Crippen LogP contribution in [-0.2, 0) is 16.0 Å². The molecule has 0 spiro atoms. The van der Waals surface area contributed by atoms with E-state index in [1.165, 1.54) is 5.56 Å². The van der Waals surface area contributed by atoms with E-state index in [1.54, 1.807) is 11.8 Å². The van der Waals surface area contributed by atoms with Crippen LogP contribution in [0.3, 0.4) is 0 Å². The first-order chi connectivity index (χ1) is 13.5. The maximum absolute atomic E-state index is 11.7. The molecule has 152 valence electrons. The largest absolute Gasteiger partial charge is 0.324 e. The summed E-state index contributed by atoms with van der Waals surface area (Å²) < 4.78 is 0. The van der Waals surface area contributed by atoms with Gasteiger partial charge in [0.15, 0.2) is 0 Å². The van der Waals surface area contributed by atoms with Crippen molar-refractivity contribution in [3.05, 3.63) is 46.1 Å². The van der Waals surface area contributed by atoms with Gasteiger partial charge in [-0.15, -0.1) is 0 Å². The zero-order chi connectivity index (χ0) is 21.1. The number of amides is 1. The Morgan fingerprint density at radius 1 is 1.21 bits per heavy atom. The van der Waals surface area contributed by atoms with Gasteiger partial charge in [0.2, 0.25) is 0 Å². The highest BCUT2D eigenvalue weighted by atomic mass is 35.5. The third-order valence-corrected chi connectivity index (χ3v) is 4.78. The molecule has 0 bridgehead atoms. The predicted octanol–water partition coefficient (Wildman–Crippen LogP) is 3.40. The molecule has 0 aromatic heterocycles. The zero-order valence-electron chi connectivity index (χ0n) is 17.5. The number of aryl methyl sites for hydroxylation is 1. The second kappa shape index (κ2) is 12.2. The number of hydrogen-bond donors (Lipinski definition) is 0. The van der Waals surface area contributed by atoms with Gasteiger partial charge in [-0.25, -0.2) is 5.01 Å². The third kappa shape index (κ3) is 6.12. The number of halogens is 1. The van der Waals surface area contributed by atoms with Crippen LogP contribution in [0.2, 0.25) is 5.02 Å². The van der Waals surface area contributed by atoms with Gasteiger partial charge in [0.25, 0.3) is 5.91 Å². The van der Waals surface area contributed by atoms with Crippen molar-refractivity contribution in [1.82, 2.24) is 14.9 Å². The molecule has 28 heavy (non-hydrogen) atoms. The smallest absolute Gasteiger partial charge is 0.298 e. The maximum atomic E-state index is 11.7. The van der Waals surface area contributed by atoms with Crippen LogP contribution < -0.4 is 0 Å². The molecule has 2 heterocycles. The molecule has 0 radical (unpaired) electrons. The van der Waals surface area contributed by atoms with E-state index in [-0.39, 0.29) is 5.91 Å². The first-order valence-electron chi connectivity index (χ1n) is 9.62. The molecule has 1 aromatic carbocycles. The van der Waals surface area contributed by atoms with Crippen molar-refractivity contribution in [3.8, 4) is 11.8 Å². The Morgan fingerprint density at radius 3 is 2.43 bits per heavy atom. The van der Waals surface area contributed by atoms with E-state index in [2.05, 4.69) is 23.8 Å². The lowest BCUT2D eigenvalue weighted by Gasteiger charge is -2.37. The molecule has 0 N–H and O–H groups in total. The summed E-state index contributed by atoms with van der Waals surface area (Å²) in [5.41, 5.74) is 2.91. The minimum Gasteiger partial charge on any atom is -0.324 e. The van der Waals surface area contributed by atoms with Crippen LogP contribution in [0.5, 0.6) is 0 Å². The molecule has 2 aliphatic rings. The number of nitrogens with zero attached hydrogens (tertiary/aromatic N) is 3. The normalized spacial score (nSPS) is 15.4. The first kappa shape index (κ1) is 23.7. The van der Waals surface area contributed by atoms with Crippen LogP contribution in [0, 0.1) is 11.8 Å². The topological polar surface area (TPSA) is 43.9 Å². The number of benzene rings is 1. The fourth-order valence-electron chi connectivity index (χ4n) is 3.01. The van der Waals surface area contributed by atoms with Gasteiger partial charge in [-0.1, -0.05) is 56.5 Å². The number of piperazine rings is 1. The molecule has 0 atom stereocenters. The molecular formula is C22H30ClN3O2. The molecular weight excluding hydrogens is 374 g/mol. The fourth-order valence-corrected chi connectivity index (χ4v) is 3.28. The molecule has 3 rings (SSSR count). The van der Waals surface area contributed by atoms with Crippen LogP contribution in [-0.4, -0.2) is 60.3 Å². The van der Waals surface area contributed by atoms with Gasteiger partial charge in [-0.05, 0) is 30.9 Å². The average molecular weight is 404 g/mol. The highest BCUT2D eigenvalue weighted by molar-refractivity contribution is 6.31. The molecule has 0 saturated carbocycles. The van der Waals surface area contributed by atoms with Crippen molar-refractivity contribution in [2.45, 2.75) is 34.1 Å². The monoisotopic (exact) mass is 403 g/mol. The predicted molar refractivity (Wildman–Crippen MR) is 115 cm³/mol. The summed E-state index contributed by atoms with van der Waals surface area (Å²) >= 11 is 5.82. The van der Waals surface area contributed by atoms with Crippen LogP contribution in [0.4, 0.5) is 0 Å². The van der Waals surface area contributed by atoms with E-state index in [4.69, 9.17) is 11.6 Å². The molecule has 1 aromatic rings. The zero-order valence-corrected chi connectivity index (χ0v) is 18.2. The molecule has 1 fully saturated rings. The van der Waals surface area contributed by atoms with Crippen molar-refractivity contribution < 1.29 is 9.59 Å². The van der Waals surface area contributed by atoms with Gasteiger partial charge in [0, 0.05) is 30.7 Å². The fraction of sp³-hybridized carbons (Fsp3) is 0.455. The van der Waals surface area contributed by atoms with E-state index in [0.29, 0.717) is 19.6 Å². The number of carbonyl (C=O) groups excluding carboxylic acids is 2. The minimum absolute atomic E-state index is 0.167. The average Bonchev–Trinajstić information content (AvgIpc) is 3.06. The summed E-state index contributed by atoms with van der Waals surface area (Å²) in [5.74, 6) is 4.97. The third-order valence-electron chi connectivity index (χ3n) is 4.42. The van der Waals surface area contributed by atoms with E-state index in [1.807, 2.05) is 50.2 Å². The highest BCUT2D eigenvalue weighted by Gasteiger charge is 2.33. The van der Waals surface area contributed by atoms with Gasteiger partial charge in [-0.2, -0.15) is 0 Å². The van der Waals surface area contributed by atoms with Crippen molar-refractivity contribution in [1.29, 1.82) is 0 Å². The number of hydrazine groups is 1. The minimum atomic E-state index is -0.167. The Labute approximate surface area is 173 Å². The number of hydrogen-bond acceptors (Lipinski definition) is 4. The molecule has 6 heteroatoms. The standard InChI is InChI=1S/C12H15N3O2.C8H9Cl.C2H6/c1-3-4-12(17)14-5-6-15-11(8-14)10(9-16)7-13(15)2;1-2-7-5-3-4-6-8(7)9;1-2/h9H,5-8H2,1-2H3;3-6H,2H2,1H3;1-2H3. The summed E-state index contributed by atoms with van der Waals surface area (Å²) in [6.45, 7) is 10.2. The van der Waals surface area contributed by atoms with E-state index in [0.717, 1.165) is 35.5 Å². The summed E-state index contributed by atoms with van der Waals surface area (Å²) in [4.78, 5) is 24.3. The van der Waals surface area contributed by atoms with Crippen LogP contribution >= 0.6 is 11.6 Å². The van der Waals surface area contributed by atoms with E-state index >= 15 is 0 Å². The molecule has 2 aliphatic heterocycles. The number of carbonyl (C=O) groups is 2. The van der Waals surface area contributed by atoms with E-state index < -0.39 is 0 Å². The summed E-state index contributed by atoms with van der Waals surface area (Å²) in [7, 11) is 1.94. The van der Waals surface area contributed by atoms with Crippen molar-refractivity contribution >= 4 is 23.8 Å². The van der Waals surface area contributed by atoms with Crippen LogP contribution in [0.15, 0.2) is 35.5 Å². The number of fused-ring (bicyclic) bond motifs is 1. The van der Waals surface area contributed by atoms with Crippen LogP contribution in [0.25, 0.3) is 0 Å². The van der Waals surface area contributed by atoms with Crippen molar-refractivity contribution in [2.75, 3.05) is 33.2 Å². The quantitative estimate of drug-likeness (QED) is 0.560. The summed E-state index contributed by atoms with van der Waals surface area (Å²) in [6, 6.07) is 7.91. The SMILES string of the molecule is CC.CC#CC(=O)N1CCN2C(=C(C=O)CN2C)C1.CCc1ccccc1Cl. The number of likely N-dealkylation sites (N-methyl/N-ethyl adjacent to an activating group) is 1. The molecule has 5 nitrogen and oxygen atoms in total. The van der Waals surface area contributed by atoms with Crippen LogP contribution in [0.1, 0.15) is 33.3 Å². The molecule has 1 saturated heterocycles. The van der Waals surface area contributed by atoms with Gasteiger partial charge in [0.05, 0.1) is 18.8 Å². The summed E-state index contributed by atoms with van der Waals surface area (Å²) in [6.07, 6.45) is 1.89. The van der Waals surface area contributed by atoms with Gasteiger partial charge >= 0.3 is 0 Å². The molecule has 0 unspecified atom stereocenters. The Bertz CT molecular complexity index is 765. The Balaban J connectivity index is 0.000000301. The number of aldehydes is 1. The molecule has 0 aliphatic carbocycles. The van der Waals surface area contributed by atoms with Gasteiger partial charge < -0.3 is 9.91 Å². The number of rotatable bonds is 2. The van der Waals surface area contributed by atoms with Crippen molar-refractivity contribution in [2.24, 2.45) is 0 Å². The van der Waals surface area contributed by atoms with Gasteiger partial charge in [-0.3, -0.25) is 9.59 Å². The second-order valence-electron chi connectivity index (χ2n) is 6.08. The lowest BCUT2D eigenvalue weighted by molar-refractivity contribution is -0.127. The lowest BCUT2D eigenvalue weighted by atomic mass is 10.2. The lowest BCUT2D eigenvalue weighted by Crippen LogP contribution is -2.49. The Kier molecular flexibility index (Phi) is 10.4. The van der Waals surface area contributed by atoms with Gasteiger partial charge in [0.1, 0.15) is 6.29 Å². The highest BCUT2D eigenvalue weighted by Crippen LogP contribution is 2.24. The van der Waals surface area contributed by atoms with E-state index in [9.17, 15) is 9.59 Å². The maximum Gasteiger partial charge on any atom is 0.298 e. The summed E-state index contributed by atoms with van der Waals surface area (Å²) in [5, 5.41) is 4.94. The second-order valence-corrected chi connectivity index (χ2v) is 6.48.